The highest BCUT2D eigenvalue weighted by Gasteiger charge is 1.97. The monoisotopic (exact) mass is 204 g/mol. The smallest absolute Gasteiger partial charge is 0.259 e. The van der Waals surface area contributed by atoms with Crippen molar-refractivity contribution in [2.45, 2.75) is 0 Å². The molecule has 8 nitrogen and oxygen atoms in total. The van der Waals surface area contributed by atoms with E-state index in [0.29, 0.717) is 26.4 Å². The molecule has 0 rings (SSSR count). The summed E-state index contributed by atoms with van der Waals surface area (Å²) in [6, 6.07) is 0. The maximum atomic E-state index is 10.5. The second-order valence-electron chi connectivity index (χ2n) is 2.20. The maximum Gasteiger partial charge on any atom is 0.259 e. The molecule has 0 aliphatic rings. The number of ether oxygens (including phenoxy) is 2. The van der Waals surface area contributed by atoms with E-state index in [2.05, 4.69) is 10.0 Å². The zero-order valence-electron chi connectivity index (χ0n) is 7.73. The number of nitrogens with one attached hydrogen (secondary N) is 2. The number of carbonyl (C=O) groups excluding carboxylic acids is 1. The van der Waals surface area contributed by atoms with E-state index in [1.165, 1.54) is 0 Å². The molecule has 0 aromatic carbocycles. The van der Waals surface area contributed by atoms with Crippen molar-refractivity contribution in [2.75, 3.05) is 33.0 Å². The van der Waals surface area contributed by atoms with Crippen LogP contribution in [0.3, 0.4) is 0 Å². The summed E-state index contributed by atoms with van der Waals surface area (Å²) in [4.78, 5) is 13.3. The van der Waals surface area contributed by atoms with Crippen LogP contribution in [0.25, 0.3) is 0 Å². The highest BCUT2D eigenvalue weighted by molar-refractivity contribution is 5.76. The number of hydrazine groups is 1. The Morgan fingerprint density at radius 2 is 2.14 bits per heavy atom. The molecule has 14 heavy (non-hydrogen) atoms. The Kier molecular flexibility index (Phi) is 8.81. The topological polar surface area (TPSA) is 124 Å². The molecule has 0 aromatic heterocycles. The number of amides is 1. The first-order valence-electron chi connectivity index (χ1n) is 3.99. The first-order chi connectivity index (χ1) is 6.81. The van der Waals surface area contributed by atoms with Crippen LogP contribution in [0.5, 0.6) is 0 Å². The van der Waals surface area contributed by atoms with Gasteiger partial charge >= 0.3 is 0 Å². The third-order valence-electron chi connectivity index (χ3n) is 1.17. The molecule has 0 saturated carbocycles. The minimum Gasteiger partial charge on any atom is -0.377 e. The van der Waals surface area contributed by atoms with Gasteiger partial charge in [0, 0.05) is 0 Å². The van der Waals surface area contributed by atoms with Gasteiger partial charge < -0.3 is 9.47 Å². The van der Waals surface area contributed by atoms with E-state index in [-0.39, 0.29) is 12.5 Å². The van der Waals surface area contributed by atoms with Gasteiger partial charge in [0.05, 0.1) is 19.8 Å². The normalized spacial score (nSPS) is 9.21. The Hall–Kier alpha value is -1.34. The quantitative estimate of drug-likeness (QED) is 0.112. The first-order valence-corrected chi connectivity index (χ1v) is 3.99. The van der Waals surface area contributed by atoms with Gasteiger partial charge in [-0.25, -0.2) is 5.84 Å². The Morgan fingerprint density at radius 1 is 1.43 bits per heavy atom. The fourth-order valence-electron chi connectivity index (χ4n) is 0.582. The van der Waals surface area contributed by atoms with E-state index < -0.39 is 0 Å². The fraction of sp³-hybridized carbons (Fsp3) is 0.833. The van der Waals surface area contributed by atoms with Crippen molar-refractivity contribution in [3.63, 3.8) is 0 Å². The minimum absolute atomic E-state index is 0.0771. The molecular weight excluding hydrogens is 190 g/mol. The fourth-order valence-corrected chi connectivity index (χ4v) is 0.582. The van der Waals surface area contributed by atoms with Gasteiger partial charge in [0.2, 0.25) is 4.91 Å². The van der Waals surface area contributed by atoms with Crippen LogP contribution in [0.4, 0.5) is 0 Å². The lowest BCUT2D eigenvalue weighted by Gasteiger charge is -2.02. The molecule has 0 bridgehead atoms. The number of hydrogen-bond donors (Lipinski definition) is 3. The number of rotatable bonds is 8. The van der Waals surface area contributed by atoms with Crippen LogP contribution in [0.1, 0.15) is 0 Å². The SMILES string of the molecule is N=[N+]=NCCOCCOCC(=O)NN. The van der Waals surface area contributed by atoms with Crippen molar-refractivity contribution in [1.29, 1.82) is 5.53 Å². The molecule has 0 fully saturated rings. The van der Waals surface area contributed by atoms with Gasteiger partial charge in [-0.1, -0.05) is 0 Å². The van der Waals surface area contributed by atoms with Crippen molar-refractivity contribution in [1.82, 2.24) is 10.3 Å². The van der Waals surface area contributed by atoms with Crippen molar-refractivity contribution in [3.05, 3.63) is 0 Å². The van der Waals surface area contributed by atoms with E-state index >= 15 is 0 Å². The highest BCUT2D eigenvalue weighted by Crippen LogP contribution is 1.79. The zero-order valence-corrected chi connectivity index (χ0v) is 7.73. The predicted molar refractivity (Wildman–Crippen MR) is 46.1 cm³/mol. The van der Waals surface area contributed by atoms with Gasteiger partial charge in [-0.05, 0) is 0 Å². The summed E-state index contributed by atoms with van der Waals surface area (Å²) in [6.45, 7) is 1.34. The minimum atomic E-state index is -0.381. The highest BCUT2D eigenvalue weighted by atomic mass is 16.5. The van der Waals surface area contributed by atoms with Crippen LogP contribution in [0.15, 0.2) is 5.11 Å². The van der Waals surface area contributed by atoms with Crippen molar-refractivity contribution in [2.24, 2.45) is 11.0 Å². The van der Waals surface area contributed by atoms with Gasteiger partial charge in [-0.3, -0.25) is 10.2 Å². The second kappa shape index (κ2) is 9.75. The summed E-state index contributed by atoms with van der Waals surface area (Å²) in [5.41, 5.74) is 8.27. The number of carbonyl (C=O) groups is 1. The van der Waals surface area contributed by atoms with Gasteiger partial charge in [-0.2, -0.15) is 0 Å². The predicted octanol–water partition coefficient (Wildman–Crippen LogP) is -1.44. The van der Waals surface area contributed by atoms with E-state index in [1.807, 2.05) is 5.43 Å². The van der Waals surface area contributed by atoms with Crippen molar-refractivity contribution in [3.8, 4) is 0 Å². The molecule has 0 radical (unpaired) electrons. The lowest BCUT2D eigenvalue weighted by Crippen LogP contribution is -2.33. The molecule has 8 heteroatoms. The number of nitrogens with two attached hydrogens (primary N) is 1. The summed E-state index contributed by atoms with van der Waals surface area (Å²) >= 11 is 0. The largest absolute Gasteiger partial charge is 0.377 e. The molecule has 0 aromatic rings. The lowest BCUT2D eigenvalue weighted by atomic mass is 10.6. The average molecular weight is 204 g/mol. The standard InChI is InChI=1S/C6H13N5O3/c7-10-6(12)5-14-4-3-13-2-1-9-11-8/h7H,1-5H2,(H2,8,9)/p+1. The number of nitrogens with zero attached hydrogens (tertiary/aromatic N) is 2. The zero-order chi connectivity index (χ0) is 10.6. The molecule has 0 aliphatic heterocycles. The Balaban J connectivity index is 3.06. The molecule has 0 heterocycles. The average Bonchev–Trinajstić information content (AvgIpc) is 2.21. The summed E-state index contributed by atoms with van der Waals surface area (Å²) in [7, 11) is 0. The van der Waals surface area contributed by atoms with Gasteiger partial charge in [0.25, 0.3) is 5.91 Å². The van der Waals surface area contributed by atoms with Crippen LogP contribution in [-0.4, -0.2) is 38.9 Å². The molecule has 0 spiro atoms. The van der Waals surface area contributed by atoms with E-state index in [9.17, 15) is 4.79 Å². The first kappa shape index (κ1) is 12.7. The van der Waals surface area contributed by atoms with E-state index in [1.54, 1.807) is 0 Å². The van der Waals surface area contributed by atoms with Crippen molar-refractivity contribution >= 4 is 5.91 Å². The van der Waals surface area contributed by atoms with E-state index in [4.69, 9.17) is 20.8 Å². The number of hydrogen-bond acceptors (Lipinski definition) is 6. The Morgan fingerprint density at radius 3 is 2.79 bits per heavy atom. The molecule has 0 aliphatic carbocycles. The van der Waals surface area contributed by atoms with Crippen LogP contribution >= 0.6 is 0 Å². The molecule has 80 valence electrons. The van der Waals surface area contributed by atoms with Crippen LogP contribution in [0, 0.1) is 5.53 Å². The van der Waals surface area contributed by atoms with Crippen LogP contribution in [-0.2, 0) is 14.3 Å². The molecule has 0 saturated heterocycles. The van der Waals surface area contributed by atoms with Crippen LogP contribution in [0.2, 0.25) is 0 Å². The second-order valence-corrected chi connectivity index (χ2v) is 2.20. The summed E-state index contributed by atoms with van der Waals surface area (Å²) < 4.78 is 9.91. The molecule has 1 amide bonds. The third kappa shape index (κ3) is 8.75. The molecular formula is C6H14N5O3+. The molecule has 0 unspecified atom stereocenters. The lowest BCUT2D eigenvalue weighted by molar-refractivity contribution is -0.126. The summed E-state index contributed by atoms with van der Waals surface area (Å²) in [5.74, 6) is 4.43. The molecule has 0 atom stereocenters. The summed E-state index contributed by atoms with van der Waals surface area (Å²) in [5, 5.41) is 3.38. The third-order valence-corrected chi connectivity index (χ3v) is 1.17. The Labute approximate surface area is 80.9 Å². The van der Waals surface area contributed by atoms with E-state index in [0.717, 1.165) is 0 Å². The Bertz CT molecular complexity index is 204. The maximum absolute atomic E-state index is 10.5. The van der Waals surface area contributed by atoms with Gasteiger partial charge in [0.1, 0.15) is 23.8 Å². The van der Waals surface area contributed by atoms with Gasteiger partial charge in [-0.15, -0.1) is 0 Å². The van der Waals surface area contributed by atoms with Crippen LogP contribution < -0.4 is 16.2 Å². The van der Waals surface area contributed by atoms with Gasteiger partial charge in [0.15, 0.2) is 0 Å². The summed E-state index contributed by atoms with van der Waals surface area (Å²) in [6.07, 6.45) is 0. The van der Waals surface area contributed by atoms with Crippen molar-refractivity contribution < 1.29 is 14.3 Å². The molecule has 4 N–H and O–H groups in total.